The van der Waals surface area contributed by atoms with Gasteiger partial charge >= 0.3 is 0 Å². The Balaban J connectivity index is 1.71. The van der Waals surface area contributed by atoms with Gasteiger partial charge in [-0.05, 0) is 42.4 Å². The molecule has 2 aliphatic heterocycles. The highest BCUT2D eigenvalue weighted by atomic mass is 16.5. The van der Waals surface area contributed by atoms with Gasteiger partial charge in [-0.1, -0.05) is 26.0 Å². The fourth-order valence-electron chi connectivity index (χ4n) is 3.48. The van der Waals surface area contributed by atoms with Crippen molar-refractivity contribution in [2.45, 2.75) is 32.4 Å². The summed E-state index contributed by atoms with van der Waals surface area (Å²) < 4.78 is 11.4. The molecule has 0 bridgehead atoms. The maximum absolute atomic E-state index is 5.78. The van der Waals surface area contributed by atoms with E-state index < -0.39 is 0 Å². The molecule has 0 radical (unpaired) electrons. The molecule has 0 aliphatic carbocycles. The molecule has 0 fully saturated rings. The molecule has 2 aliphatic rings. The number of rotatable bonds is 2. The summed E-state index contributed by atoms with van der Waals surface area (Å²) in [4.78, 5) is 2.18. The molecule has 1 N–H and O–H groups in total. The van der Waals surface area contributed by atoms with E-state index >= 15 is 0 Å². The summed E-state index contributed by atoms with van der Waals surface area (Å²) in [7, 11) is 2.08. The van der Waals surface area contributed by atoms with Crippen molar-refractivity contribution in [1.82, 2.24) is 10.2 Å². The van der Waals surface area contributed by atoms with E-state index in [4.69, 9.17) is 9.47 Å². The Bertz CT molecular complexity index is 770. The third-order valence-corrected chi connectivity index (χ3v) is 5.09. The van der Waals surface area contributed by atoms with Crippen LogP contribution in [-0.2, 0) is 18.5 Å². The maximum atomic E-state index is 5.78. The van der Waals surface area contributed by atoms with Crippen molar-refractivity contribution in [2.75, 3.05) is 20.5 Å². The first-order chi connectivity index (χ1) is 11.5. The lowest BCUT2D eigenvalue weighted by Crippen LogP contribution is -2.29. The van der Waals surface area contributed by atoms with Gasteiger partial charge in [0.1, 0.15) is 25.0 Å². The predicted molar refractivity (Wildman–Crippen MR) is 94.3 cm³/mol. The summed E-state index contributed by atoms with van der Waals surface area (Å²) in [6.45, 7) is 7.60. The van der Waals surface area contributed by atoms with Crippen molar-refractivity contribution in [3.63, 3.8) is 0 Å². The van der Waals surface area contributed by atoms with Crippen molar-refractivity contribution in [1.29, 1.82) is 0 Å². The van der Waals surface area contributed by atoms with Crippen molar-refractivity contribution in [3.8, 4) is 11.5 Å². The van der Waals surface area contributed by atoms with Gasteiger partial charge in [-0.2, -0.15) is 0 Å². The smallest absolute Gasteiger partial charge is 0.142 e. The summed E-state index contributed by atoms with van der Waals surface area (Å²) in [6.07, 6.45) is 0. The molecule has 0 saturated heterocycles. The average Bonchev–Trinajstić information content (AvgIpc) is 2.60. The third kappa shape index (κ3) is 2.66. The minimum atomic E-state index is -0.0719. The van der Waals surface area contributed by atoms with Crippen LogP contribution in [0.2, 0.25) is 0 Å². The summed E-state index contributed by atoms with van der Waals surface area (Å²) in [5.74, 6) is 2.00. The van der Waals surface area contributed by atoms with Crippen LogP contribution in [0.25, 0.3) is 0 Å². The third-order valence-electron chi connectivity index (χ3n) is 5.09. The predicted octanol–water partition coefficient (Wildman–Crippen LogP) is 3.23. The first-order valence-corrected chi connectivity index (χ1v) is 8.46. The molecule has 0 saturated carbocycles. The molecule has 2 aromatic rings. The lowest BCUT2D eigenvalue weighted by Gasteiger charge is -2.31. The number of ether oxygens (including phenoxy) is 2. The number of nitrogens with zero attached hydrogens (tertiary/aromatic N) is 1. The minimum absolute atomic E-state index is 0.0719. The molecule has 0 spiro atoms. The van der Waals surface area contributed by atoms with E-state index in [0.29, 0.717) is 13.5 Å². The van der Waals surface area contributed by atoms with E-state index in [1.807, 2.05) is 0 Å². The molecule has 2 heterocycles. The van der Waals surface area contributed by atoms with E-state index in [2.05, 4.69) is 67.5 Å². The van der Waals surface area contributed by atoms with Crippen LogP contribution >= 0.6 is 0 Å². The molecule has 4 nitrogen and oxygen atoms in total. The largest absolute Gasteiger partial charge is 0.478 e. The minimum Gasteiger partial charge on any atom is -0.478 e. The van der Waals surface area contributed by atoms with Gasteiger partial charge in [-0.25, -0.2) is 0 Å². The molecule has 0 aromatic heterocycles. The maximum Gasteiger partial charge on any atom is 0.142 e. The van der Waals surface area contributed by atoms with E-state index in [1.165, 1.54) is 22.3 Å². The molecule has 0 amide bonds. The highest BCUT2D eigenvalue weighted by Crippen LogP contribution is 2.37. The number of benzene rings is 2. The Kier molecular flexibility index (Phi) is 3.74. The van der Waals surface area contributed by atoms with Gasteiger partial charge in [0.15, 0.2) is 0 Å². The van der Waals surface area contributed by atoms with Crippen LogP contribution in [0.4, 0.5) is 0 Å². The van der Waals surface area contributed by atoms with Crippen molar-refractivity contribution < 1.29 is 9.47 Å². The second kappa shape index (κ2) is 5.80. The topological polar surface area (TPSA) is 33.7 Å². The Hall–Kier alpha value is -2.04. The Morgan fingerprint density at radius 1 is 0.958 bits per heavy atom. The zero-order valence-corrected chi connectivity index (χ0v) is 14.6. The van der Waals surface area contributed by atoms with Crippen LogP contribution in [0, 0.1) is 0 Å². The van der Waals surface area contributed by atoms with Gasteiger partial charge in [0.25, 0.3) is 0 Å². The molecule has 0 unspecified atom stereocenters. The first kappa shape index (κ1) is 15.5. The van der Waals surface area contributed by atoms with Gasteiger partial charge in [-0.3, -0.25) is 10.2 Å². The summed E-state index contributed by atoms with van der Waals surface area (Å²) >= 11 is 0. The Labute approximate surface area is 143 Å². The standard InChI is InChI=1S/C20H24N2O2/c1-20(2,16-4-6-18-14(8-16)10-21-12-23-18)17-5-7-19-15(9-17)11-22(3)13-24-19/h4-9,21H,10-13H2,1-3H3. The molecule has 126 valence electrons. The first-order valence-electron chi connectivity index (χ1n) is 8.46. The van der Waals surface area contributed by atoms with Crippen LogP contribution < -0.4 is 14.8 Å². The fourth-order valence-corrected chi connectivity index (χ4v) is 3.48. The molecular weight excluding hydrogens is 300 g/mol. The van der Waals surface area contributed by atoms with E-state index in [-0.39, 0.29) is 5.41 Å². The number of nitrogens with one attached hydrogen (secondary N) is 1. The lowest BCUT2D eigenvalue weighted by molar-refractivity contribution is 0.121. The monoisotopic (exact) mass is 324 g/mol. The van der Waals surface area contributed by atoms with Gasteiger partial charge in [0, 0.05) is 29.6 Å². The quantitative estimate of drug-likeness (QED) is 0.919. The fraction of sp³-hybridized carbons (Fsp3) is 0.400. The summed E-state index contributed by atoms with van der Waals surface area (Å²) in [5.41, 5.74) is 5.03. The lowest BCUT2D eigenvalue weighted by atomic mass is 9.77. The van der Waals surface area contributed by atoms with E-state index in [9.17, 15) is 0 Å². The zero-order valence-electron chi connectivity index (χ0n) is 14.6. The highest BCUT2D eigenvalue weighted by Gasteiger charge is 2.26. The molecule has 24 heavy (non-hydrogen) atoms. The summed E-state index contributed by atoms with van der Waals surface area (Å²) in [6, 6.07) is 13.2. The van der Waals surface area contributed by atoms with Gasteiger partial charge in [0.2, 0.25) is 0 Å². The van der Waals surface area contributed by atoms with Crippen LogP contribution in [-0.4, -0.2) is 25.4 Å². The summed E-state index contributed by atoms with van der Waals surface area (Å²) in [5, 5.41) is 3.26. The van der Waals surface area contributed by atoms with Gasteiger partial charge in [-0.15, -0.1) is 0 Å². The number of hydrogen-bond donors (Lipinski definition) is 1. The molecule has 0 atom stereocenters. The van der Waals surface area contributed by atoms with Crippen LogP contribution in [0.1, 0.15) is 36.1 Å². The van der Waals surface area contributed by atoms with Crippen LogP contribution in [0.5, 0.6) is 11.5 Å². The normalized spacial score (nSPS) is 17.5. The Morgan fingerprint density at radius 2 is 1.62 bits per heavy atom. The van der Waals surface area contributed by atoms with E-state index in [1.54, 1.807) is 0 Å². The van der Waals surface area contributed by atoms with Gasteiger partial charge in [0.05, 0.1) is 0 Å². The van der Waals surface area contributed by atoms with Crippen LogP contribution in [0.15, 0.2) is 36.4 Å². The Morgan fingerprint density at radius 3 is 2.38 bits per heavy atom. The highest BCUT2D eigenvalue weighted by molar-refractivity contribution is 5.48. The van der Waals surface area contributed by atoms with Crippen molar-refractivity contribution >= 4 is 0 Å². The molecule has 2 aromatic carbocycles. The number of fused-ring (bicyclic) bond motifs is 2. The van der Waals surface area contributed by atoms with Gasteiger partial charge < -0.3 is 9.47 Å². The zero-order chi connectivity index (χ0) is 16.7. The molecule has 4 heteroatoms. The SMILES string of the molecule is CN1COc2ccc(C(C)(C)c3ccc4c(c3)CNCO4)cc2C1. The van der Waals surface area contributed by atoms with Crippen molar-refractivity contribution in [3.05, 3.63) is 58.7 Å². The average molecular weight is 324 g/mol. The van der Waals surface area contributed by atoms with Crippen molar-refractivity contribution in [2.24, 2.45) is 0 Å². The second-order valence-electron chi connectivity index (χ2n) is 7.27. The molecule has 4 rings (SSSR count). The number of hydrogen-bond acceptors (Lipinski definition) is 4. The second-order valence-corrected chi connectivity index (χ2v) is 7.27. The van der Waals surface area contributed by atoms with E-state index in [0.717, 1.165) is 24.6 Å². The van der Waals surface area contributed by atoms with Crippen LogP contribution in [0.3, 0.4) is 0 Å². The molecular formula is C20H24N2O2.